The summed E-state index contributed by atoms with van der Waals surface area (Å²) in [6.45, 7) is 3.60. The maximum atomic E-state index is 14.1. The molecule has 0 saturated heterocycles. The molecule has 43 heavy (non-hydrogen) atoms. The number of aryl methyl sites for hydroxylation is 2. The fourth-order valence-electron chi connectivity index (χ4n) is 5.41. The van der Waals surface area contributed by atoms with Crippen LogP contribution >= 0.6 is 15.9 Å². The number of hydrogen-bond acceptors (Lipinski definition) is 5. The second kappa shape index (κ2) is 11.3. The number of carbonyl (C=O) groups is 1. The Bertz CT molecular complexity index is 1970. The highest BCUT2D eigenvalue weighted by Gasteiger charge is 2.33. The molecule has 6 aromatic rings. The van der Waals surface area contributed by atoms with Crippen molar-refractivity contribution in [1.29, 1.82) is 0 Å². The van der Waals surface area contributed by atoms with E-state index < -0.39 is 11.9 Å². The van der Waals surface area contributed by atoms with Crippen LogP contribution in [0.15, 0.2) is 109 Å². The van der Waals surface area contributed by atoms with Crippen LogP contribution in [0.5, 0.6) is 0 Å². The van der Waals surface area contributed by atoms with Crippen LogP contribution in [0.3, 0.4) is 0 Å². The van der Waals surface area contributed by atoms with Gasteiger partial charge in [-0.05, 0) is 68.4 Å². The van der Waals surface area contributed by atoms with Crippen LogP contribution in [0.4, 0.5) is 0 Å². The molecule has 9 nitrogen and oxygen atoms in total. The van der Waals surface area contributed by atoms with Crippen LogP contribution in [-0.2, 0) is 4.74 Å². The average molecular weight is 640 g/mol. The number of ether oxygens (including phenoxy) is 1. The van der Waals surface area contributed by atoms with Crippen LogP contribution in [0.25, 0.3) is 22.7 Å². The second-order valence-electron chi connectivity index (χ2n) is 10.1. The topological polar surface area (TPSA) is 115 Å². The first-order chi connectivity index (χ1) is 20.8. The third kappa shape index (κ3) is 4.99. The molecule has 3 aromatic carbocycles. The molecule has 0 aliphatic rings. The van der Waals surface area contributed by atoms with Crippen LogP contribution < -0.4 is 11.1 Å². The van der Waals surface area contributed by atoms with E-state index in [-0.39, 0.29) is 11.1 Å². The van der Waals surface area contributed by atoms with Gasteiger partial charge in [-0.1, -0.05) is 52.3 Å². The molecule has 3 aromatic heterocycles. The maximum absolute atomic E-state index is 14.1. The van der Waals surface area contributed by atoms with Gasteiger partial charge in [0.1, 0.15) is 11.5 Å². The van der Waals surface area contributed by atoms with Gasteiger partial charge < -0.3 is 9.15 Å². The maximum Gasteiger partial charge on any atom is 0.338 e. The van der Waals surface area contributed by atoms with Gasteiger partial charge in [-0.15, -0.1) is 0 Å². The van der Waals surface area contributed by atoms with Crippen molar-refractivity contribution >= 4 is 21.9 Å². The first kappa shape index (κ1) is 28.0. The molecule has 0 radical (unpaired) electrons. The van der Waals surface area contributed by atoms with E-state index in [4.69, 9.17) is 9.15 Å². The zero-order valence-corrected chi connectivity index (χ0v) is 25.1. The summed E-state index contributed by atoms with van der Waals surface area (Å²) in [6.07, 6.45) is 0. The molecule has 0 amide bonds. The minimum absolute atomic E-state index is 0.308. The summed E-state index contributed by atoms with van der Waals surface area (Å²) in [5.41, 5.74) is 3.43. The number of H-pyrrole nitrogens is 2. The van der Waals surface area contributed by atoms with Crippen molar-refractivity contribution in [1.82, 2.24) is 19.6 Å². The van der Waals surface area contributed by atoms with E-state index >= 15 is 0 Å². The third-order valence-corrected chi connectivity index (χ3v) is 7.90. The number of esters is 1. The van der Waals surface area contributed by atoms with E-state index in [9.17, 15) is 14.4 Å². The standard InChI is InChI=1S/C33H27BrN4O5/c1-19-28(31(39)37(35-19)22-10-6-4-7-11-22)30(29-20(2)36-38(32(29)40)23-12-8-5-9-13-23)27-17-16-26(43-27)24-15-14-21(34)18-25(24)33(41)42-3/h4-18,30,35-36H,1-3H3. The number of aromatic amines is 2. The van der Waals surface area contributed by atoms with Gasteiger partial charge in [-0.3, -0.25) is 19.8 Å². The largest absolute Gasteiger partial charge is 0.465 e. The second-order valence-corrected chi connectivity index (χ2v) is 11.0. The van der Waals surface area contributed by atoms with Gasteiger partial charge >= 0.3 is 5.97 Å². The average Bonchev–Trinajstić information content (AvgIpc) is 3.71. The highest BCUT2D eigenvalue weighted by molar-refractivity contribution is 9.10. The molecule has 0 bridgehead atoms. The Hall–Kier alpha value is -5.09. The fraction of sp³-hybridized carbons (Fsp3) is 0.121. The summed E-state index contributed by atoms with van der Waals surface area (Å²) in [5, 5.41) is 6.36. The van der Waals surface area contributed by atoms with Crippen molar-refractivity contribution in [3.05, 3.63) is 150 Å². The highest BCUT2D eigenvalue weighted by atomic mass is 79.9. The molecule has 0 aliphatic carbocycles. The summed E-state index contributed by atoms with van der Waals surface area (Å²) in [4.78, 5) is 40.8. The molecule has 0 unspecified atom stereocenters. The lowest BCUT2D eigenvalue weighted by molar-refractivity contribution is 0.0601. The van der Waals surface area contributed by atoms with Crippen LogP contribution in [0.2, 0.25) is 0 Å². The van der Waals surface area contributed by atoms with Crippen LogP contribution in [-0.4, -0.2) is 32.6 Å². The predicted molar refractivity (Wildman–Crippen MR) is 166 cm³/mol. The van der Waals surface area contributed by atoms with Crippen molar-refractivity contribution in [2.24, 2.45) is 0 Å². The number of halogens is 1. The SMILES string of the molecule is COC(=O)c1cc(Br)ccc1-c1ccc(C(c2c(C)[nH]n(-c3ccccc3)c2=O)c2c(C)[nH]n(-c3ccccc3)c2=O)o1. The Morgan fingerprint density at radius 3 is 1.84 bits per heavy atom. The van der Waals surface area contributed by atoms with Gasteiger partial charge in [-0.2, -0.15) is 0 Å². The first-order valence-corrected chi connectivity index (χ1v) is 14.3. The van der Waals surface area contributed by atoms with Crippen LogP contribution in [0, 0.1) is 13.8 Å². The minimum atomic E-state index is -0.867. The molecule has 0 fully saturated rings. The fourth-order valence-corrected chi connectivity index (χ4v) is 5.77. The van der Waals surface area contributed by atoms with E-state index in [1.165, 1.54) is 16.5 Å². The van der Waals surface area contributed by atoms with E-state index in [0.717, 1.165) is 0 Å². The summed E-state index contributed by atoms with van der Waals surface area (Å²) in [7, 11) is 1.31. The summed E-state index contributed by atoms with van der Waals surface area (Å²) < 4.78 is 15.0. The molecule has 0 saturated carbocycles. The lowest BCUT2D eigenvalue weighted by atomic mass is 9.89. The number of aromatic nitrogens is 4. The Kier molecular flexibility index (Phi) is 7.37. The van der Waals surface area contributed by atoms with Crippen molar-refractivity contribution < 1.29 is 13.9 Å². The van der Waals surface area contributed by atoms with Gasteiger partial charge in [-0.25, -0.2) is 14.2 Å². The van der Waals surface area contributed by atoms with E-state index in [1.54, 1.807) is 44.2 Å². The normalized spacial score (nSPS) is 11.3. The van der Waals surface area contributed by atoms with Gasteiger partial charge in [0.2, 0.25) is 0 Å². The lowest BCUT2D eigenvalue weighted by Gasteiger charge is -2.13. The smallest absolute Gasteiger partial charge is 0.338 e. The Morgan fingerprint density at radius 2 is 1.33 bits per heavy atom. The van der Waals surface area contributed by atoms with Gasteiger partial charge in [0.05, 0.1) is 41.1 Å². The molecule has 0 atom stereocenters. The summed E-state index contributed by atoms with van der Waals surface area (Å²) in [6, 6.07) is 27.1. The van der Waals surface area contributed by atoms with E-state index in [0.29, 0.717) is 61.0 Å². The predicted octanol–water partition coefficient (Wildman–Crippen LogP) is 6.25. The zero-order valence-electron chi connectivity index (χ0n) is 23.6. The number of nitrogens with zero attached hydrogens (tertiary/aromatic N) is 2. The molecule has 10 heteroatoms. The molecular weight excluding hydrogens is 612 g/mol. The Labute approximate surface area is 254 Å². The van der Waals surface area contributed by atoms with Crippen molar-refractivity contribution in [3.63, 3.8) is 0 Å². The Balaban J connectivity index is 1.58. The molecule has 0 spiro atoms. The molecule has 216 valence electrons. The van der Waals surface area contributed by atoms with Crippen molar-refractivity contribution in [3.8, 4) is 22.7 Å². The van der Waals surface area contributed by atoms with E-state index in [1.807, 2.05) is 60.7 Å². The van der Waals surface area contributed by atoms with Gasteiger partial charge in [0.15, 0.2) is 0 Å². The third-order valence-electron chi connectivity index (χ3n) is 7.40. The van der Waals surface area contributed by atoms with E-state index in [2.05, 4.69) is 26.1 Å². The number of hydrogen-bond donors (Lipinski definition) is 2. The number of carbonyl (C=O) groups excluding carboxylic acids is 1. The molecule has 6 rings (SSSR count). The molecule has 2 N–H and O–H groups in total. The number of nitrogens with one attached hydrogen (secondary N) is 2. The molecule has 3 heterocycles. The number of furan rings is 1. The molecule has 0 aliphatic heterocycles. The van der Waals surface area contributed by atoms with Crippen molar-refractivity contribution in [2.45, 2.75) is 19.8 Å². The lowest BCUT2D eigenvalue weighted by Crippen LogP contribution is -2.25. The number of methoxy groups -OCH3 is 1. The number of rotatable bonds is 7. The minimum Gasteiger partial charge on any atom is -0.465 e. The monoisotopic (exact) mass is 638 g/mol. The first-order valence-electron chi connectivity index (χ1n) is 13.5. The highest BCUT2D eigenvalue weighted by Crippen LogP contribution is 2.37. The number of benzene rings is 3. The van der Waals surface area contributed by atoms with Crippen LogP contribution in [0.1, 0.15) is 44.6 Å². The van der Waals surface area contributed by atoms with Gasteiger partial charge in [0.25, 0.3) is 11.1 Å². The summed E-state index contributed by atoms with van der Waals surface area (Å²) in [5.74, 6) is -0.632. The molecular formula is C33H27BrN4O5. The summed E-state index contributed by atoms with van der Waals surface area (Å²) >= 11 is 3.41. The van der Waals surface area contributed by atoms with Gasteiger partial charge in [0, 0.05) is 21.4 Å². The van der Waals surface area contributed by atoms with Crippen molar-refractivity contribution in [2.75, 3.05) is 7.11 Å². The zero-order chi connectivity index (χ0) is 30.2. The Morgan fingerprint density at radius 1 is 0.791 bits per heavy atom. The number of para-hydroxylation sites is 2. The quantitative estimate of drug-likeness (QED) is 0.201.